The minimum Gasteiger partial charge on any atom is -0.373 e. The molecule has 0 heterocycles. The molecule has 0 amide bonds. The normalized spacial score (nSPS) is 11.7. The Hall–Kier alpha value is -1.97. The highest BCUT2D eigenvalue weighted by molar-refractivity contribution is 5.91. The fourth-order valence-electron chi connectivity index (χ4n) is 2.92. The monoisotopic (exact) mass is 312 g/mol. The first-order valence-corrected chi connectivity index (χ1v) is 8.33. The number of aliphatic hydroxyl groups is 1. The maximum absolute atomic E-state index is 12.9. The van der Waals surface area contributed by atoms with Gasteiger partial charge in [-0.1, -0.05) is 60.7 Å². The maximum Gasteiger partial charge on any atom is 0.179 e. The molecular formula is C20H26NO2+. The molecular weight excluding hydrogens is 286 g/mol. The molecule has 2 rings (SSSR count). The minimum absolute atomic E-state index is 0.144. The van der Waals surface area contributed by atoms with E-state index >= 15 is 0 Å². The predicted octanol–water partition coefficient (Wildman–Crippen LogP) is 1.81. The number of ketones is 1. The van der Waals surface area contributed by atoms with Crippen molar-refractivity contribution in [2.45, 2.75) is 25.9 Å². The van der Waals surface area contributed by atoms with Crippen molar-refractivity contribution in [3.63, 3.8) is 0 Å². The molecule has 3 heteroatoms. The van der Waals surface area contributed by atoms with Gasteiger partial charge < -0.3 is 10.0 Å². The van der Waals surface area contributed by atoms with Crippen molar-refractivity contribution < 1.29 is 14.8 Å². The number of nitrogens with one attached hydrogen (secondary N) is 1. The van der Waals surface area contributed by atoms with Crippen molar-refractivity contribution in [3.05, 3.63) is 71.8 Å². The second kappa shape index (κ2) is 8.04. The Morgan fingerprint density at radius 1 is 0.913 bits per heavy atom. The zero-order valence-corrected chi connectivity index (χ0v) is 14.0. The van der Waals surface area contributed by atoms with Gasteiger partial charge in [-0.3, -0.25) is 4.79 Å². The van der Waals surface area contributed by atoms with Crippen LogP contribution in [0.4, 0.5) is 0 Å². The van der Waals surface area contributed by atoms with Crippen LogP contribution in [-0.4, -0.2) is 30.5 Å². The third-order valence-corrected chi connectivity index (χ3v) is 4.49. The lowest BCUT2D eigenvalue weighted by Gasteiger charge is -2.28. The van der Waals surface area contributed by atoms with Gasteiger partial charge in [0, 0.05) is 0 Å². The van der Waals surface area contributed by atoms with Gasteiger partial charge in [0.1, 0.15) is 0 Å². The van der Waals surface area contributed by atoms with Crippen molar-refractivity contribution in [1.29, 1.82) is 0 Å². The highest BCUT2D eigenvalue weighted by Gasteiger charge is 2.39. The van der Waals surface area contributed by atoms with Gasteiger partial charge in [0.05, 0.1) is 26.1 Å². The smallest absolute Gasteiger partial charge is 0.179 e. The van der Waals surface area contributed by atoms with Crippen LogP contribution in [0.3, 0.4) is 0 Å². The van der Waals surface area contributed by atoms with Crippen LogP contribution in [0.25, 0.3) is 0 Å². The number of hydrogen-bond donors (Lipinski definition) is 2. The summed E-state index contributed by atoms with van der Waals surface area (Å²) in [7, 11) is 0. The Balaban J connectivity index is 2.33. The topological polar surface area (TPSA) is 41.7 Å². The zero-order valence-electron chi connectivity index (χ0n) is 14.0. The van der Waals surface area contributed by atoms with Gasteiger partial charge in [0.25, 0.3) is 0 Å². The summed E-state index contributed by atoms with van der Waals surface area (Å²) in [5, 5.41) is 11.3. The number of benzene rings is 2. The molecule has 0 aliphatic carbocycles. The summed E-state index contributed by atoms with van der Waals surface area (Å²) in [5.41, 5.74) is -0.314. The molecule has 0 bridgehead atoms. The molecule has 0 saturated carbocycles. The van der Waals surface area contributed by atoms with Crippen molar-refractivity contribution in [2.75, 3.05) is 19.6 Å². The fraction of sp³-hybridized carbons (Fsp3) is 0.350. The number of carbonyl (C=O) groups is 1. The first-order valence-electron chi connectivity index (χ1n) is 8.33. The molecule has 0 spiro atoms. The summed E-state index contributed by atoms with van der Waals surface area (Å²) < 4.78 is 0. The SMILES string of the molecule is CC[NH+](CC)CCC(=O)C(O)(c1ccccc1)c1ccccc1. The average molecular weight is 312 g/mol. The van der Waals surface area contributed by atoms with Crippen molar-refractivity contribution in [1.82, 2.24) is 0 Å². The van der Waals surface area contributed by atoms with E-state index < -0.39 is 5.60 Å². The Morgan fingerprint density at radius 2 is 1.35 bits per heavy atom. The fourth-order valence-corrected chi connectivity index (χ4v) is 2.92. The predicted molar refractivity (Wildman–Crippen MR) is 92.4 cm³/mol. The van der Waals surface area contributed by atoms with Crippen LogP contribution in [0.15, 0.2) is 60.7 Å². The molecule has 0 atom stereocenters. The van der Waals surface area contributed by atoms with Crippen molar-refractivity contribution >= 4 is 5.78 Å². The van der Waals surface area contributed by atoms with Crippen molar-refractivity contribution in [3.8, 4) is 0 Å². The van der Waals surface area contributed by atoms with E-state index in [2.05, 4.69) is 13.8 Å². The Labute approximate surface area is 138 Å². The van der Waals surface area contributed by atoms with Crippen LogP contribution in [0.2, 0.25) is 0 Å². The highest BCUT2D eigenvalue weighted by Crippen LogP contribution is 2.31. The molecule has 0 aromatic heterocycles. The molecule has 2 aromatic rings. The van der Waals surface area contributed by atoms with Crippen LogP contribution < -0.4 is 4.90 Å². The van der Waals surface area contributed by atoms with E-state index in [1.165, 1.54) is 4.90 Å². The largest absolute Gasteiger partial charge is 0.373 e. The van der Waals surface area contributed by atoms with E-state index in [4.69, 9.17) is 0 Å². The van der Waals surface area contributed by atoms with E-state index in [9.17, 15) is 9.90 Å². The van der Waals surface area contributed by atoms with Gasteiger partial charge in [0.15, 0.2) is 11.4 Å². The molecule has 0 saturated heterocycles. The molecule has 23 heavy (non-hydrogen) atoms. The van der Waals surface area contributed by atoms with Gasteiger partial charge >= 0.3 is 0 Å². The molecule has 0 radical (unpaired) electrons. The van der Waals surface area contributed by atoms with E-state index in [0.717, 1.165) is 19.6 Å². The number of hydrogen-bond acceptors (Lipinski definition) is 2. The molecule has 0 fully saturated rings. The molecule has 0 aliphatic rings. The lowest BCUT2D eigenvalue weighted by molar-refractivity contribution is -0.895. The first kappa shape index (κ1) is 17.4. The van der Waals surface area contributed by atoms with Crippen molar-refractivity contribution in [2.24, 2.45) is 0 Å². The summed E-state index contributed by atoms with van der Waals surface area (Å²) in [4.78, 5) is 14.3. The molecule has 122 valence electrons. The number of quaternary nitrogens is 1. The van der Waals surface area contributed by atoms with E-state index in [1.807, 2.05) is 60.7 Å². The summed E-state index contributed by atoms with van der Waals surface area (Å²) in [6, 6.07) is 18.4. The summed E-state index contributed by atoms with van der Waals surface area (Å²) in [5.74, 6) is -0.144. The highest BCUT2D eigenvalue weighted by atomic mass is 16.3. The summed E-state index contributed by atoms with van der Waals surface area (Å²) in [6.07, 6.45) is 0.358. The second-order valence-corrected chi connectivity index (χ2v) is 5.82. The van der Waals surface area contributed by atoms with Crippen LogP contribution >= 0.6 is 0 Å². The van der Waals surface area contributed by atoms with E-state index in [1.54, 1.807) is 0 Å². The second-order valence-electron chi connectivity index (χ2n) is 5.82. The maximum atomic E-state index is 12.9. The van der Waals surface area contributed by atoms with Crippen LogP contribution in [0, 0.1) is 0 Å². The quantitative estimate of drug-likeness (QED) is 0.780. The number of Topliss-reactive ketones (excluding diaryl/α,β-unsaturated/α-hetero) is 1. The standard InChI is InChI=1S/C20H25NO2/c1-3-21(4-2)16-15-19(22)20(23,17-11-7-5-8-12-17)18-13-9-6-10-14-18/h5-14,23H,3-4,15-16H2,1-2H3/p+1. The third kappa shape index (κ3) is 3.87. The van der Waals surface area contributed by atoms with Gasteiger partial charge in [-0.15, -0.1) is 0 Å². The van der Waals surface area contributed by atoms with Gasteiger partial charge in [-0.25, -0.2) is 0 Å². The average Bonchev–Trinajstić information content (AvgIpc) is 2.63. The van der Waals surface area contributed by atoms with E-state index in [-0.39, 0.29) is 5.78 Å². The van der Waals surface area contributed by atoms with Crippen LogP contribution in [0.5, 0.6) is 0 Å². The Morgan fingerprint density at radius 3 is 1.74 bits per heavy atom. The molecule has 0 aliphatic heterocycles. The van der Waals surface area contributed by atoms with Crippen LogP contribution in [-0.2, 0) is 10.4 Å². The molecule has 2 N–H and O–H groups in total. The zero-order chi connectivity index (χ0) is 16.7. The lowest BCUT2D eigenvalue weighted by atomic mass is 9.81. The van der Waals surface area contributed by atoms with Gasteiger partial charge in [-0.2, -0.15) is 0 Å². The number of carbonyl (C=O) groups excluding carboxylic acids is 1. The summed E-state index contributed by atoms with van der Waals surface area (Å²) >= 11 is 0. The number of rotatable bonds is 8. The summed E-state index contributed by atoms with van der Waals surface area (Å²) in [6.45, 7) is 6.94. The minimum atomic E-state index is -1.57. The Bertz CT molecular complexity index is 567. The van der Waals surface area contributed by atoms with Gasteiger partial charge in [-0.05, 0) is 25.0 Å². The molecule has 3 nitrogen and oxygen atoms in total. The Kier molecular flexibility index (Phi) is 6.08. The van der Waals surface area contributed by atoms with Crippen LogP contribution in [0.1, 0.15) is 31.4 Å². The molecule has 2 aromatic carbocycles. The lowest BCUT2D eigenvalue weighted by Crippen LogP contribution is -3.11. The molecule has 0 unspecified atom stereocenters. The third-order valence-electron chi connectivity index (χ3n) is 4.49. The first-order chi connectivity index (χ1) is 11.1. The van der Waals surface area contributed by atoms with Gasteiger partial charge in [0.2, 0.25) is 0 Å². The van der Waals surface area contributed by atoms with E-state index in [0.29, 0.717) is 17.5 Å².